The zero-order valence-corrected chi connectivity index (χ0v) is 22.1. The first-order valence-electron chi connectivity index (χ1n) is 12.8. The molecule has 2 bridgehead atoms. The highest BCUT2D eigenvalue weighted by Gasteiger charge is 2.38. The molecule has 0 saturated carbocycles. The molecule has 3 aromatic rings. The zero-order chi connectivity index (χ0) is 27.0. The molecular formula is C28H28FN7O2S. The first kappa shape index (κ1) is 25.4. The highest BCUT2D eigenvalue weighted by atomic mass is 32.2. The Balaban J connectivity index is 1.07. The third-order valence-electron chi connectivity index (χ3n) is 7.34. The van der Waals surface area contributed by atoms with Crippen LogP contribution in [-0.4, -0.2) is 66.0 Å². The number of dihydropyridines is 1. The van der Waals surface area contributed by atoms with Crippen LogP contribution in [0.5, 0.6) is 0 Å². The minimum absolute atomic E-state index is 0.0554. The Hall–Kier alpha value is -3.93. The largest absolute Gasteiger partial charge is 0.340 e. The third-order valence-corrected chi connectivity index (χ3v) is 9.26. The van der Waals surface area contributed by atoms with E-state index in [0.29, 0.717) is 23.1 Å². The number of nitrogens with one attached hydrogen (secondary N) is 2. The summed E-state index contributed by atoms with van der Waals surface area (Å²) in [6.07, 6.45) is 9.14. The maximum atomic E-state index is 13.4. The van der Waals surface area contributed by atoms with E-state index in [4.69, 9.17) is 0 Å². The Morgan fingerprint density at radius 1 is 0.974 bits per heavy atom. The molecule has 9 nitrogen and oxygen atoms in total. The van der Waals surface area contributed by atoms with Crippen LogP contribution in [-0.2, 0) is 10.0 Å². The number of anilines is 4. The van der Waals surface area contributed by atoms with Crippen molar-refractivity contribution < 1.29 is 12.8 Å². The standard InChI is InChI=1S/C28H28FN7O2S/c1-35(23-12-16-36(17-13-23)27-19-10-14-30-25(27)18-19)39(37,38)24-8-6-22(7-9-24)33-28-31-15-11-26(34-28)32-21-4-2-20(29)3-5-21/h2-11,14-15,18,23,27H,12-13,16-17H2,1H3,(H2,31,32,33,34). The van der Waals surface area contributed by atoms with Gasteiger partial charge in [-0.05, 0) is 85.2 Å². The quantitative estimate of drug-likeness (QED) is 0.431. The number of aromatic nitrogens is 2. The molecule has 1 unspecified atom stereocenters. The second-order valence-electron chi connectivity index (χ2n) is 9.75. The van der Waals surface area contributed by atoms with Gasteiger partial charge in [0.05, 0.1) is 16.6 Å². The Labute approximate surface area is 226 Å². The minimum atomic E-state index is -3.64. The Morgan fingerprint density at radius 2 is 1.67 bits per heavy atom. The van der Waals surface area contributed by atoms with Gasteiger partial charge in [-0.1, -0.05) is 0 Å². The molecule has 0 spiro atoms. The van der Waals surface area contributed by atoms with Gasteiger partial charge in [-0.2, -0.15) is 9.29 Å². The van der Waals surface area contributed by atoms with Gasteiger partial charge >= 0.3 is 0 Å². The van der Waals surface area contributed by atoms with E-state index in [0.717, 1.165) is 31.6 Å². The highest BCUT2D eigenvalue weighted by Crippen LogP contribution is 2.36. The number of aliphatic imine (C=N–C) groups is 1. The lowest BCUT2D eigenvalue weighted by molar-refractivity contribution is 0.148. The lowest BCUT2D eigenvalue weighted by atomic mass is 9.86. The molecule has 0 radical (unpaired) electrons. The van der Waals surface area contributed by atoms with E-state index < -0.39 is 10.0 Å². The first-order valence-corrected chi connectivity index (χ1v) is 14.2. The number of hydrogen-bond acceptors (Lipinski definition) is 8. The fraction of sp³-hybridized carbons (Fsp3) is 0.250. The van der Waals surface area contributed by atoms with Crippen molar-refractivity contribution in [2.75, 3.05) is 30.8 Å². The number of piperidine rings is 1. The SMILES string of the molecule is CN(C1CCN(C2C3=CC=NC2=C3)CC1)S(=O)(=O)c1ccc(Nc2nccc(Nc3ccc(F)cc3)n2)cc1. The van der Waals surface area contributed by atoms with Crippen LogP contribution in [0.25, 0.3) is 0 Å². The Kier molecular flexibility index (Phi) is 6.71. The second kappa shape index (κ2) is 10.3. The van der Waals surface area contributed by atoms with Crippen LogP contribution in [0.1, 0.15) is 12.8 Å². The van der Waals surface area contributed by atoms with Gasteiger partial charge < -0.3 is 10.6 Å². The van der Waals surface area contributed by atoms with E-state index in [9.17, 15) is 12.8 Å². The molecule has 1 fully saturated rings. The van der Waals surface area contributed by atoms with E-state index in [-0.39, 0.29) is 22.8 Å². The molecule has 2 aromatic carbocycles. The van der Waals surface area contributed by atoms with Gasteiger partial charge in [-0.3, -0.25) is 9.89 Å². The van der Waals surface area contributed by atoms with Crippen LogP contribution in [0, 0.1) is 5.82 Å². The number of hydrogen-bond donors (Lipinski definition) is 2. The molecule has 11 heteroatoms. The van der Waals surface area contributed by atoms with Crippen molar-refractivity contribution in [3.63, 3.8) is 0 Å². The topological polar surface area (TPSA) is 103 Å². The van der Waals surface area contributed by atoms with Crippen molar-refractivity contribution in [2.24, 2.45) is 4.99 Å². The Bertz CT molecular complexity index is 1550. The molecule has 1 aromatic heterocycles. The van der Waals surface area contributed by atoms with Gasteiger partial charge in [0, 0.05) is 50.0 Å². The summed E-state index contributed by atoms with van der Waals surface area (Å²) < 4.78 is 41.4. The fourth-order valence-electron chi connectivity index (χ4n) is 5.14. The van der Waals surface area contributed by atoms with Gasteiger partial charge in [-0.15, -0.1) is 0 Å². The van der Waals surface area contributed by atoms with Crippen molar-refractivity contribution in [1.29, 1.82) is 0 Å². The van der Waals surface area contributed by atoms with E-state index in [1.165, 1.54) is 22.0 Å². The van der Waals surface area contributed by atoms with E-state index >= 15 is 0 Å². The predicted molar refractivity (Wildman–Crippen MR) is 149 cm³/mol. The number of nitrogens with zero attached hydrogens (tertiary/aromatic N) is 5. The van der Waals surface area contributed by atoms with Gasteiger partial charge in [0.2, 0.25) is 16.0 Å². The third kappa shape index (κ3) is 5.20. The molecule has 2 aliphatic heterocycles. The number of benzene rings is 2. The van der Waals surface area contributed by atoms with Crippen molar-refractivity contribution in [1.82, 2.24) is 19.2 Å². The van der Waals surface area contributed by atoms with Crippen LogP contribution in [0.3, 0.4) is 0 Å². The van der Waals surface area contributed by atoms with Gasteiger partial charge in [0.25, 0.3) is 0 Å². The number of allylic oxidation sites excluding steroid dienone is 1. The summed E-state index contributed by atoms with van der Waals surface area (Å²) in [5, 5.41) is 6.20. The molecule has 0 amide bonds. The van der Waals surface area contributed by atoms with Crippen molar-refractivity contribution >= 4 is 39.4 Å². The average molecular weight is 546 g/mol. The number of likely N-dealkylation sites (tertiary alicyclic amines) is 1. The van der Waals surface area contributed by atoms with E-state index in [1.807, 2.05) is 12.3 Å². The predicted octanol–water partition coefficient (Wildman–Crippen LogP) is 4.46. The van der Waals surface area contributed by atoms with Crippen LogP contribution in [0.2, 0.25) is 0 Å². The van der Waals surface area contributed by atoms with Crippen molar-refractivity contribution in [3.8, 4) is 0 Å². The van der Waals surface area contributed by atoms with Gasteiger partial charge in [0.15, 0.2) is 0 Å². The van der Waals surface area contributed by atoms with Gasteiger partial charge in [-0.25, -0.2) is 17.8 Å². The normalized spacial score (nSPS) is 19.3. The monoisotopic (exact) mass is 545 g/mol. The second-order valence-corrected chi connectivity index (χ2v) is 11.7. The molecular weight excluding hydrogens is 517 g/mol. The molecule has 1 atom stereocenters. The average Bonchev–Trinajstić information content (AvgIpc) is 2.95. The number of sulfonamides is 1. The van der Waals surface area contributed by atoms with Crippen LogP contribution < -0.4 is 10.6 Å². The first-order chi connectivity index (χ1) is 18.9. The minimum Gasteiger partial charge on any atom is -0.340 e. The summed E-state index contributed by atoms with van der Waals surface area (Å²) in [5.41, 5.74) is 3.73. The molecule has 1 saturated heterocycles. The number of halogens is 1. The molecule has 2 N–H and O–H groups in total. The summed E-state index contributed by atoms with van der Waals surface area (Å²) >= 11 is 0. The van der Waals surface area contributed by atoms with E-state index in [1.54, 1.807) is 55.7 Å². The summed E-state index contributed by atoms with van der Waals surface area (Å²) in [7, 11) is -1.97. The lowest BCUT2D eigenvalue weighted by Crippen LogP contribution is -2.51. The number of fused-ring (bicyclic) bond motifs is 2. The van der Waals surface area contributed by atoms with Crippen LogP contribution >= 0.6 is 0 Å². The van der Waals surface area contributed by atoms with Crippen LogP contribution in [0.4, 0.5) is 27.5 Å². The molecule has 39 heavy (non-hydrogen) atoms. The molecule has 6 rings (SSSR count). The fourth-order valence-corrected chi connectivity index (χ4v) is 6.55. The van der Waals surface area contributed by atoms with E-state index in [2.05, 4.69) is 36.6 Å². The zero-order valence-electron chi connectivity index (χ0n) is 21.3. The maximum Gasteiger partial charge on any atom is 0.243 e. The smallest absolute Gasteiger partial charge is 0.243 e. The summed E-state index contributed by atoms with van der Waals surface area (Å²) in [5.74, 6) is 0.562. The molecule has 3 heterocycles. The summed E-state index contributed by atoms with van der Waals surface area (Å²) in [4.78, 5) is 15.7. The molecule has 1 aliphatic carbocycles. The molecule has 200 valence electrons. The highest BCUT2D eigenvalue weighted by molar-refractivity contribution is 7.89. The Morgan fingerprint density at radius 3 is 2.33 bits per heavy atom. The number of rotatable bonds is 8. The van der Waals surface area contributed by atoms with Crippen LogP contribution in [0.15, 0.2) is 94.1 Å². The van der Waals surface area contributed by atoms with Crippen molar-refractivity contribution in [2.45, 2.75) is 29.8 Å². The summed E-state index contributed by atoms with van der Waals surface area (Å²) in [6.45, 7) is 1.66. The molecule has 3 aliphatic rings. The maximum absolute atomic E-state index is 13.4. The summed E-state index contributed by atoms with van der Waals surface area (Å²) in [6, 6.07) is 14.5. The lowest BCUT2D eigenvalue weighted by Gasteiger charge is -2.44. The van der Waals surface area contributed by atoms with Crippen molar-refractivity contribution in [3.05, 3.63) is 90.0 Å². The van der Waals surface area contributed by atoms with Gasteiger partial charge in [0.1, 0.15) is 11.6 Å².